The van der Waals surface area contributed by atoms with E-state index < -0.39 is 0 Å². The number of hydrogen-bond donors (Lipinski definition) is 1. The van der Waals surface area contributed by atoms with Crippen LogP contribution >= 0.6 is 15.9 Å². The van der Waals surface area contributed by atoms with E-state index in [-0.39, 0.29) is 0 Å². The summed E-state index contributed by atoms with van der Waals surface area (Å²) in [7, 11) is 1.80. The van der Waals surface area contributed by atoms with E-state index in [2.05, 4.69) is 33.4 Å². The minimum atomic E-state index is 0.416. The van der Waals surface area contributed by atoms with Crippen molar-refractivity contribution in [1.29, 1.82) is 0 Å². The molecule has 2 aliphatic rings. The molecule has 0 amide bonds. The van der Waals surface area contributed by atoms with Crippen LogP contribution in [0.4, 0.5) is 0 Å². The lowest BCUT2D eigenvalue weighted by Gasteiger charge is -2.21. The van der Waals surface area contributed by atoms with Gasteiger partial charge in [-0.05, 0) is 52.9 Å². The molecule has 0 spiro atoms. The topological polar surface area (TPSA) is 39.7 Å². The maximum absolute atomic E-state index is 5.65. The van der Waals surface area contributed by atoms with Crippen molar-refractivity contribution in [3.8, 4) is 11.5 Å². The van der Waals surface area contributed by atoms with Gasteiger partial charge >= 0.3 is 0 Å². The number of nitrogens with one attached hydrogen (secondary N) is 1. The molecule has 20 heavy (non-hydrogen) atoms. The Kier molecular flexibility index (Phi) is 4.48. The van der Waals surface area contributed by atoms with Crippen LogP contribution in [0.2, 0.25) is 0 Å². The Hall–Kier alpha value is -0.780. The van der Waals surface area contributed by atoms with Crippen molar-refractivity contribution in [2.75, 3.05) is 20.3 Å². The van der Waals surface area contributed by atoms with Crippen LogP contribution in [0.25, 0.3) is 0 Å². The fourth-order valence-corrected chi connectivity index (χ4v) is 3.47. The van der Waals surface area contributed by atoms with E-state index in [9.17, 15) is 0 Å². The van der Waals surface area contributed by atoms with E-state index in [1.807, 2.05) is 0 Å². The van der Waals surface area contributed by atoms with Crippen LogP contribution in [0.5, 0.6) is 11.5 Å². The zero-order chi connectivity index (χ0) is 13.9. The third kappa shape index (κ3) is 3.10. The normalized spacial score (nSPS) is 24.9. The van der Waals surface area contributed by atoms with E-state index in [0.717, 1.165) is 35.4 Å². The van der Waals surface area contributed by atoms with Gasteiger partial charge in [-0.2, -0.15) is 0 Å². The first-order chi connectivity index (χ1) is 9.76. The highest BCUT2D eigenvalue weighted by Gasteiger charge is 2.24. The van der Waals surface area contributed by atoms with Crippen molar-refractivity contribution >= 4 is 15.9 Å². The summed E-state index contributed by atoms with van der Waals surface area (Å²) in [5, 5.41) is 3.60. The van der Waals surface area contributed by atoms with Crippen LogP contribution in [-0.4, -0.2) is 32.5 Å². The first-order valence-electron chi connectivity index (χ1n) is 7.10. The summed E-state index contributed by atoms with van der Waals surface area (Å²) in [6, 6.07) is 4.71. The summed E-state index contributed by atoms with van der Waals surface area (Å²) in [5.74, 6) is 1.66. The molecule has 4 nitrogen and oxygen atoms in total. The van der Waals surface area contributed by atoms with Gasteiger partial charge in [0.1, 0.15) is 13.2 Å². The van der Waals surface area contributed by atoms with Crippen molar-refractivity contribution in [2.24, 2.45) is 0 Å². The summed E-state index contributed by atoms with van der Waals surface area (Å²) >= 11 is 3.55. The lowest BCUT2D eigenvalue weighted by atomic mass is 10.1. The third-order valence-electron chi connectivity index (χ3n) is 3.97. The Morgan fingerprint density at radius 2 is 2.15 bits per heavy atom. The highest BCUT2D eigenvalue weighted by atomic mass is 79.9. The molecule has 1 aromatic carbocycles. The molecule has 1 aliphatic heterocycles. The number of fused-ring (bicyclic) bond motifs is 1. The van der Waals surface area contributed by atoms with Crippen molar-refractivity contribution in [3.63, 3.8) is 0 Å². The number of benzene rings is 1. The van der Waals surface area contributed by atoms with Crippen LogP contribution in [0.15, 0.2) is 16.6 Å². The number of rotatable bonds is 4. The number of halogens is 1. The van der Waals surface area contributed by atoms with Crippen LogP contribution < -0.4 is 14.8 Å². The maximum atomic E-state index is 5.65. The summed E-state index contributed by atoms with van der Waals surface area (Å²) in [6.07, 6.45) is 3.85. The second kappa shape index (κ2) is 6.33. The molecule has 0 saturated heterocycles. The molecule has 1 aromatic rings. The highest BCUT2D eigenvalue weighted by Crippen LogP contribution is 2.38. The lowest BCUT2D eigenvalue weighted by molar-refractivity contribution is 0.107. The van der Waals surface area contributed by atoms with Gasteiger partial charge in [-0.3, -0.25) is 0 Å². The van der Waals surface area contributed by atoms with Crippen LogP contribution in [-0.2, 0) is 11.3 Å². The van der Waals surface area contributed by atoms with E-state index in [1.165, 1.54) is 12.0 Å². The SMILES string of the molecule is COC1CCC(NCc2cc(Br)c3c(c2)OCCO3)C1. The Morgan fingerprint density at radius 1 is 1.30 bits per heavy atom. The van der Waals surface area contributed by atoms with E-state index in [1.54, 1.807) is 7.11 Å². The predicted octanol–water partition coefficient (Wildman–Crippen LogP) is 2.88. The van der Waals surface area contributed by atoms with Gasteiger partial charge in [0, 0.05) is 19.7 Å². The van der Waals surface area contributed by atoms with Crippen molar-refractivity contribution in [1.82, 2.24) is 5.32 Å². The Labute approximate surface area is 127 Å². The molecule has 0 radical (unpaired) electrons. The zero-order valence-corrected chi connectivity index (χ0v) is 13.2. The molecule has 5 heteroatoms. The monoisotopic (exact) mass is 341 g/mol. The first kappa shape index (κ1) is 14.2. The van der Waals surface area contributed by atoms with Gasteiger partial charge in [0.2, 0.25) is 0 Å². The largest absolute Gasteiger partial charge is 0.486 e. The molecule has 1 fully saturated rings. The summed E-state index contributed by atoms with van der Waals surface area (Å²) in [6.45, 7) is 2.08. The van der Waals surface area contributed by atoms with Gasteiger partial charge < -0.3 is 19.5 Å². The molecule has 2 atom stereocenters. The van der Waals surface area contributed by atoms with Crippen molar-refractivity contribution in [3.05, 3.63) is 22.2 Å². The van der Waals surface area contributed by atoms with Crippen LogP contribution in [0, 0.1) is 0 Å². The van der Waals surface area contributed by atoms with Crippen LogP contribution in [0.1, 0.15) is 24.8 Å². The quantitative estimate of drug-likeness (QED) is 0.913. The third-order valence-corrected chi connectivity index (χ3v) is 4.56. The molecule has 2 unspecified atom stereocenters. The fraction of sp³-hybridized carbons (Fsp3) is 0.600. The van der Waals surface area contributed by atoms with Gasteiger partial charge in [0.15, 0.2) is 11.5 Å². The second-order valence-corrected chi connectivity index (χ2v) is 6.20. The molecule has 3 rings (SSSR count). The first-order valence-corrected chi connectivity index (χ1v) is 7.90. The van der Waals surface area contributed by atoms with E-state index in [0.29, 0.717) is 25.4 Å². The lowest BCUT2D eigenvalue weighted by Crippen LogP contribution is -2.26. The summed E-state index contributed by atoms with van der Waals surface area (Å²) in [4.78, 5) is 0. The number of ether oxygens (including phenoxy) is 3. The van der Waals surface area contributed by atoms with E-state index >= 15 is 0 Å². The average Bonchev–Trinajstić information content (AvgIpc) is 2.93. The average molecular weight is 342 g/mol. The fourth-order valence-electron chi connectivity index (χ4n) is 2.87. The summed E-state index contributed by atoms with van der Waals surface area (Å²) < 4.78 is 17.6. The van der Waals surface area contributed by atoms with Gasteiger partial charge in [-0.25, -0.2) is 0 Å². The van der Waals surface area contributed by atoms with Gasteiger partial charge in [0.25, 0.3) is 0 Å². The van der Waals surface area contributed by atoms with Gasteiger partial charge in [-0.1, -0.05) is 0 Å². The van der Waals surface area contributed by atoms with Gasteiger partial charge in [0.05, 0.1) is 10.6 Å². The minimum absolute atomic E-state index is 0.416. The zero-order valence-electron chi connectivity index (χ0n) is 11.7. The molecule has 110 valence electrons. The minimum Gasteiger partial charge on any atom is -0.486 e. The highest BCUT2D eigenvalue weighted by molar-refractivity contribution is 9.10. The Balaban J connectivity index is 1.62. The van der Waals surface area contributed by atoms with E-state index in [4.69, 9.17) is 14.2 Å². The molecule has 1 saturated carbocycles. The van der Waals surface area contributed by atoms with Crippen LogP contribution in [0.3, 0.4) is 0 Å². The standard InChI is InChI=1S/C15H20BrNO3/c1-18-12-3-2-11(8-12)17-9-10-6-13(16)15-14(7-10)19-4-5-20-15/h6-7,11-12,17H,2-5,8-9H2,1H3. The Morgan fingerprint density at radius 3 is 2.95 bits per heavy atom. The predicted molar refractivity (Wildman–Crippen MR) is 80.4 cm³/mol. The van der Waals surface area contributed by atoms with Crippen molar-refractivity contribution in [2.45, 2.75) is 38.0 Å². The molecule has 1 aliphatic carbocycles. The molecular weight excluding hydrogens is 322 g/mol. The molecule has 1 heterocycles. The Bertz CT molecular complexity index is 480. The maximum Gasteiger partial charge on any atom is 0.175 e. The number of methoxy groups -OCH3 is 1. The van der Waals surface area contributed by atoms with Gasteiger partial charge in [-0.15, -0.1) is 0 Å². The second-order valence-electron chi connectivity index (χ2n) is 5.35. The summed E-state index contributed by atoms with van der Waals surface area (Å²) in [5.41, 5.74) is 1.21. The smallest absolute Gasteiger partial charge is 0.175 e. The molecule has 1 N–H and O–H groups in total. The molecule has 0 aromatic heterocycles. The molecule has 0 bridgehead atoms. The molecular formula is C15H20BrNO3. The number of hydrogen-bond acceptors (Lipinski definition) is 4. The van der Waals surface area contributed by atoms with Crippen molar-refractivity contribution < 1.29 is 14.2 Å².